The van der Waals surface area contributed by atoms with E-state index in [9.17, 15) is 0 Å². The van der Waals surface area contributed by atoms with E-state index in [1.807, 2.05) is 97.1 Å². The Hall–Kier alpha value is -4.25. The van der Waals surface area contributed by atoms with Crippen molar-refractivity contribution in [3.8, 4) is 45.6 Å². The van der Waals surface area contributed by atoms with Crippen LogP contribution < -0.4 is 0 Å². The molecule has 0 spiro atoms. The predicted octanol–water partition coefficient (Wildman–Crippen LogP) is 8.56. The first-order valence-electron chi connectivity index (χ1n) is 13.6. The number of nitrogens with one attached hydrogen (secondary N) is 2. The van der Waals surface area contributed by atoms with Crippen molar-refractivity contribution >= 4 is 86.3 Å². The Balaban J connectivity index is 0.000000684. The zero-order chi connectivity index (χ0) is 29.8. The van der Waals surface area contributed by atoms with E-state index in [1.165, 1.54) is 0 Å². The summed E-state index contributed by atoms with van der Waals surface area (Å²) in [5.74, 6) is 2.39. The molecule has 2 N–H and O–H groups in total. The average molecular weight is 691 g/mol. The quantitative estimate of drug-likeness (QED) is 0.154. The summed E-state index contributed by atoms with van der Waals surface area (Å²) in [4.78, 5) is 36.8. The number of nitrogens with zero attached hydrogens (tertiary/aromatic N) is 6. The van der Waals surface area contributed by atoms with Crippen molar-refractivity contribution in [1.82, 2.24) is 39.9 Å². The number of benzene rings is 4. The van der Waals surface area contributed by atoms with Crippen LogP contribution >= 0.6 is 28.9 Å². The number of H-pyrrole nitrogens is 2. The van der Waals surface area contributed by atoms with Gasteiger partial charge in [-0.2, -0.15) is 0 Å². The molecule has 8 nitrogen and oxygen atoms in total. The van der Waals surface area contributed by atoms with Crippen molar-refractivity contribution in [3.05, 3.63) is 97.1 Å². The van der Waals surface area contributed by atoms with Crippen molar-refractivity contribution in [2.24, 2.45) is 0 Å². The molecule has 0 saturated carbocycles. The third kappa shape index (κ3) is 4.74. The molecular weight excluding hydrogens is 672 g/mol. The molecule has 0 atom stereocenters. The van der Waals surface area contributed by atoms with Gasteiger partial charge in [0.2, 0.25) is 0 Å². The zero-order valence-electron chi connectivity index (χ0n) is 22.6. The van der Waals surface area contributed by atoms with Crippen molar-refractivity contribution in [3.63, 3.8) is 0 Å². The Labute approximate surface area is 267 Å². The Bertz CT molecular complexity index is 2100. The summed E-state index contributed by atoms with van der Waals surface area (Å²) in [5, 5.41) is 3.82. The van der Waals surface area contributed by atoms with Crippen LogP contribution in [0.4, 0.5) is 0 Å². The van der Waals surface area contributed by atoms with Gasteiger partial charge in [-0.05, 0) is 0 Å². The Morgan fingerprint density at radius 3 is 0.841 bits per heavy atom. The number of aromatic amines is 2. The average Bonchev–Trinajstić information content (AvgIpc) is 3.76. The van der Waals surface area contributed by atoms with Gasteiger partial charge in [0.1, 0.15) is 22.6 Å². The molecule has 44 heavy (non-hydrogen) atoms. The summed E-state index contributed by atoms with van der Waals surface area (Å²) >= 11 is -2.06. The largest absolute Gasteiger partial charge is 0.324 e. The van der Waals surface area contributed by atoms with Gasteiger partial charge in [-0.15, -0.1) is 0 Å². The number of rotatable bonds is 0. The van der Waals surface area contributed by atoms with E-state index >= 15 is 0 Å². The van der Waals surface area contributed by atoms with E-state index in [0.29, 0.717) is 45.9 Å². The molecule has 5 heterocycles. The molecule has 0 unspecified atom stereocenters. The maximum Gasteiger partial charge on any atom is 0.164 e. The van der Waals surface area contributed by atoms with Crippen LogP contribution in [0.3, 0.4) is 0 Å². The first-order chi connectivity index (χ1) is 21.5. The molecule has 4 aromatic carbocycles. The van der Waals surface area contributed by atoms with Crippen molar-refractivity contribution in [1.29, 1.82) is 0 Å². The standard InChI is InChI=1S/C32H18N8.3ClH.Ga/c1-2-10-18-17(9-1)25-33-26(18)38-28-21-13-5-6-14-22(21)30(35-28)40-32-24-16-8-7-15-23(24)31(36-32)39-29-20-12-4-3-11-19(20)27(34-29)37-25;;;;/h1-16H,(H2,33,34,35,36,37,38,39,40);3*1H;/q;;;;+3/p-3. The van der Waals surface area contributed by atoms with Crippen molar-refractivity contribution < 1.29 is 0 Å². The number of hydrogen-bond donors (Lipinski definition) is 2. The van der Waals surface area contributed by atoms with E-state index in [1.54, 1.807) is 0 Å². The second kappa shape index (κ2) is 11.0. The second-order valence-electron chi connectivity index (χ2n) is 10.0. The van der Waals surface area contributed by atoms with Crippen molar-refractivity contribution in [2.45, 2.75) is 0 Å². The summed E-state index contributed by atoms with van der Waals surface area (Å²) in [7, 11) is 15.0. The summed E-state index contributed by atoms with van der Waals surface area (Å²) in [5.41, 5.74) is 6.45. The fraction of sp³-hybridized carbons (Fsp3) is 0. The van der Waals surface area contributed by atoms with Gasteiger partial charge < -0.3 is 9.97 Å². The first kappa shape index (κ1) is 27.3. The van der Waals surface area contributed by atoms with Crippen LogP contribution in [0, 0.1) is 0 Å². The maximum absolute atomic E-state index is 5.02. The molecule has 8 bridgehead atoms. The molecule has 2 aliphatic rings. The Morgan fingerprint density at radius 1 is 0.364 bits per heavy atom. The summed E-state index contributed by atoms with van der Waals surface area (Å²) in [6, 6.07) is 32.2. The van der Waals surface area contributed by atoms with Crippen LogP contribution in [0.25, 0.3) is 89.7 Å². The van der Waals surface area contributed by atoms with Crippen LogP contribution in [0.15, 0.2) is 97.1 Å². The van der Waals surface area contributed by atoms with E-state index in [-0.39, 0.29) is 0 Å². The number of aromatic nitrogens is 8. The normalized spacial score (nSPS) is 11.5. The van der Waals surface area contributed by atoms with E-state index in [4.69, 9.17) is 58.8 Å². The van der Waals surface area contributed by atoms with Gasteiger partial charge >= 0.3 is 42.1 Å². The maximum atomic E-state index is 5.02. The monoisotopic (exact) mass is 688 g/mol. The SMILES string of the molecule is [Cl][Ga]([Cl])[Cl].c1ccc2c(c1)-c1nc-2nc2[nH]c(nc3nc(nc4[nH]c(n1)c1ccccc41)-c1ccccc1-3)c1ccccc21. The van der Waals surface area contributed by atoms with E-state index in [2.05, 4.69) is 9.97 Å². The second-order valence-corrected chi connectivity index (χ2v) is 21.4. The molecule has 0 aliphatic carbocycles. The Morgan fingerprint density at radius 2 is 0.591 bits per heavy atom. The minimum Gasteiger partial charge on any atom is -0.324 e. The summed E-state index contributed by atoms with van der Waals surface area (Å²) in [6.45, 7) is 0. The van der Waals surface area contributed by atoms with Gasteiger partial charge in [0.25, 0.3) is 0 Å². The molecule has 7 aromatic rings. The van der Waals surface area contributed by atoms with Gasteiger partial charge in [-0.3, -0.25) is 0 Å². The van der Waals surface area contributed by atoms with Gasteiger partial charge in [0.15, 0.2) is 23.3 Å². The molecule has 0 fully saturated rings. The summed E-state index contributed by atoms with van der Waals surface area (Å²) < 4.78 is 0. The predicted molar refractivity (Wildman–Crippen MR) is 179 cm³/mol. The molecule has 2 aliphatic heterocycles. The van der Waals surface area contributed by atoms with Gasteiger partial charge in [0, 0.05) is 43.8 Å². The summed E-state index contributed by atoms with van der Waals surface area (Å²) in [6.07, 6.45) is 0. The molecule has 210 valence electrons. The fourth-order valence-corrected chi connectivity index (χ4v) is 5.59. The molecule has 0 saturated heterocycles. The van der Waals surface area contributed by atoms with E-state index < -0.39 is 13.2 Å². The van der Waals surface area contributed by atoms with Gasteiger partial charge in [0.05, 0.1) is 0 Å². The van der Waals surface area contributed by atoms with Crippen LogP contribution in [0.1, 0.15) is 0 Å². The molecule has 12 heteroatoms. The number of halogens is 3. The number of hydrogen-bond acceptors (Lipinski definition) is 6. The molecule has 0 amide bonds. The van der Waals surface area contributed by atoms with Crippen LogP contribution in [0.2, 0.25) is 0 Å². The molecule has 9 rings (SSSR count). The van der Waals surface area contributed by atoms with E-state index in [0.717, 1.165) is 43.8 Å². The molecule has 0 radical (unpaired) electrons. The first-order valence-corrected chi connectivity index (χ1v) is 23.2. The van der Waals surface area contributed by atoms with Crippen LogP contribution in [0.5, 0.6) is 0 Å². The van der Waals surface area contributed by atoms with Crippen LogP contribution in [-0.4, -0.2) is 53.1 Å². The fourth-order valence-electron chi connectivity index (χ4n) is 5.59. The third-order valence-electron chi connectivity index (χ3n) is 7.46. The zero-order valence-corrected chi connectivity index (χ0v) is 27.3. The molecular formula is C32H18Cl3GaN8. The molecule has 3 aromatic heterocycles. The third-order valence-corrected chi connectivity index (χ3v) is 7.46. The minimum absolute atomic E-state index is 0.597. The minimum atomic E-state index is -2.06. The topological polar surface area (TPSA) is 109 Å². The van der Waals surface area contributed by atoms with Crippen molar-refractivity contribution in [2.75, 3.05) is 0 Å². The smallest absolute Gasteiger partial charge is 0.164 e. The van der Waals surface area contributed by atoms with Gasteiger partial charge in [-0.1, -0.05) is 97.1 Å². The number of fused-ring (bicyclic) bond motifs is 20. The van der Waals surface area contributed by atoms with Crippen LogP contribution in [-0.2, 0) is 0 Å². The van der Waals surface area contributed by atoms with Gasteiger partial charge in [-0.25, -0.2) is 29.9 Å². The Kier molecular flexibility index (Phi) is 6.85.